The quantitative estimate of drug-likeness (QED) is 0.789. The highest BCUT2D eigenvalue weighted by Crippen LogP contribution is 2.23. The van der Waals surface area contributed by atoms with Crippen molar-refractivity contribution in [2.75, 3.05) is 5.32 Å². The molecule has 0 bridgehead atoms. The predicted molar refractivity (Wildman–Crippen MR) is 81.7 cm³/mol. The Bertz CT molecular complexity index is 731. The van der Waals surface area contributed by atoms with E-state index in [4.69, 9.17) is 0 Å². The van der Waals surface area contributed by atoms with Gasteiger partial charge in [-0.3, -0.25) is 4.68 Å². The Labute approximate surface area is 118 Å². The van der Waals surface area contributed by atoms with Crippen LogP contribution in [0.5, 0.6) is 0 Å². The number of benzene rings is 1. The molecule has 0 radical (unpaired) electrons. The van der Waals surface area contributed by atoms with Gasteiger partial charge in [-0.1, -0.05) is 30.3 Å². The Morgan fingerprint density at radius 2 is 1.95 bits per heavy atom. The molecule has 3 aromatic rings. The molecule has 1 aromatic carbocycles. The number of rotatable bonds is 3. The smallest absolute Gasteiger partial charge is 0.157 e. The molecule has 0 aliphatic rings. The van der Waals surface area contributed by atoms with Gasteiger partial charge in [0.2, 0.25) is 0 Å². The van der Waals surface area contributed by atoms with E-state index in [1.807, 2.05) is 30.9 Å². The fraction of sp³-hybridized carbons (Fsp3) is 0.250. The highest BCUT2D eigenvalue weighted by Gasteiger charge is 2.09. The van der Waals surface area contributed by atoms with Gasteiger partial charge in [-0.15, -0.1) is 0 Å². The maximum Gasteiger partial charge on any atom is 0.157 e. The topological polar surface area (TPSA) is 42.7 Å². The fourth-order valence-electron chi connectivity index (χ4n) is 2.46. The van der Waals surface area contributed by atoms with E-state index in [1.54, 1.807) is 0 Å². The fourth-order valence-corrected chi connectivity index (χ4v) is 2.46. The van der Waals surface area contributed by atoms with Gasteiger partial charge in [0, 0.05) is 18.5 Å². The van der Waals surface area contributed by atoms with Crippen molar-refractivity contribution in [1.82, 2.24) is 14.8 Å². The van der Waals surface area contributed by atoms with E-state index in [0.29, 0.717) is 0 Å². The van der Waals surface area contributed by atoms with E-state index < -0.39 is 0 Å². The molecule has 4 heteroatoms. The summed E-state index contributed by atoms with van der Waals surface area (Å²) in [5.74, 6) is 0. The highest BCUT2D eigenvalue weighted by atomic mass is 15.3. The molecule has 102 valence electrons. The van der Waals surface area contributed by atoms with Crippen molar-refractivity contribution in [3.8, 4) is 0 Å². The molecule has 1 N–H and O–H groups in total. The number of hydrogen-bond donors (Lipinski definition) is 1. The molecule has 4 nitrogen and oxygen atoms in total. The first-order chi connectivity index (χ1) is 9.65. The van der Waals surface area contributed by atoms with Crippen molar-refractivity contribution in [2.45, 2.75) is 19.9 Å². The third-order valence-corrected chi connectivity index (χ3v) is 3.55. The van der Waals surface area contributed by atoms with Crippen LogP contribution in [0.1, 0.15) is 24.2 Å². The second kappa shape index (κ2) is 4.96. The molecule has 20 heavy (non-hydrogen) atoms. The number of hydrogen-bond acceptors (Lipinski definition) is 3. The van der Waals surface area contributed by atoms with Crippen molar-refractivity contribution < 1.29 is 0 Å². The van der Waals surface area contributed by atoms with Gasteiger partial charge in [-0.05, 0) is 25.5 Å². The third kappa shape index (κ3) is 2.25. The number of nitrogens with one attached hydrogen (secondary N) is 1. The summed E-state index contributed by atoms with van der Waals surface area (Å²) in [7, 11) is 1.92. The Kier molecular flexibility index (Phi) is 3.14. The highest BCUT2D eigenvalue weighted by molar-refractivity contribution is 5.81. The van der Waals surface area contributed by atoms with Crippen LogP contribution in [0.2, 0.25) is 0 Å². The number of aryl methyl sites for hydroxylation is 2. The lowest BCUT2D eigenvalue weighted by molar-refractivity contribution is 0.773. The van der Waals surface area contributed by atoms with Crippen LogP contribution in [0.4, 0.5) is 5.69 Å². The number of fused-ring (bicyclic) bond motifs is 1. The molecule has 0 aliphatic heterocycles. The van der Waals surface area contributed by atoms with Crippen molar-refractivity contribution in [1.29, 1.82) is 0 Å². The minimum absolute atomic E-state index is 0.243. The van der Waals surface area contributed by atoms with Crippen molar-refractivity contribution >= 4 is 16.7 Å². The summed E-state index contributed by atoms with van der Waals surface area (Å²) in [4.78, 5) is 4.49. The van der Waals surface area contributed by atoms with E-state index >= 15 is 0 Å². The maximum atomic E-state index is 4.49. The molecular formula is C16H18N4. The summed E-state index contributed by atoms with van der Waals surface area (Å²) >= 11 is 0. The number of nitrogens with zero attached hydrogens (tertiary/aromatic N) is 3. The van der Waals surface area contributed by atoms with E-state index in [0.717, 1.165) is 22.4 Å². The van der Waals surface area contributed by atoms with E-state index in [9.17, 15) is 0 Å². The lowest BCUT2D eigenvalue weighted by Crippen LogP contribution is -2.06. The molecule has 0 saturated heterocycles. The summed E-state index contributed by atoms with van der Waals surface area (Å²) in [6, 6.07) is 12.7. The average Bonchev–Trinajstić information content (AvgIpc) is 2.75. The van der Waals surface area contributed by atoms with Crippen LogP contribution in [0.15, 0.2) is 42.6 Å². The zero-order chi connectivity index (χ0) is 14.1. The molecule has 1 atom stereocenters. The molecule has 0 saturated carbocycles. The average molecular weight is 266 g/mol. The van der Waals surface area contributed by atoms with Gasteiger partial charge in [-0.25, -0.2) is 4.98 Å². The van der Waals surface area contributed by atoms with Gasteiger partial charge < -0.3 is 5.32 Å². The van der Waals surface area contributed by atoms with Gasteiger partial charge in [0.05, 0.1) is 17.6 Å². The second-order valence-corrected chi connectivity index (χ2v) is 5.08. The minimum Gasteiger partial charge on any atom is -0.377 e. The van der Waals surface area contributed by atoms with Crippen LogP contribution in [0, 0.1) is 6.92 Å². The minimum atomic E-state index is 0.243. The van der Waals surface area contributed by atoms with Crippen LogP contribution >= 0.6 is 0 Å². The Balaban J connectivity index is 1.90. The molecule has 2 heterocycles. The lowest BCUT2D eigenvalue weighted by atomic mass is 10.1. The van der Waals surface area contributed by atoms with Gasteiger partial charge in [-0.2, -0.15) is 5.10 Å². The molecule has 3 rings (SSSR count). The molecule has 0 fully saturated rings. The lowest BCUT2D eigenvalue weighted by Gasteiger charge is -2.15. The standard InChI is InChI=1S/C16H18N4/c1-11(13-7-5-4-6-8-13)18-14-9-15-12(2)19-20(3)16(15)17-10-14/h4-11,18H,1-3H3. The first-order valence-electron chi connectivity index (χ1n) is 6.76. The Hall–Kier alpha value is -2.36. The monoisotopic (exact) mass is 266 g/mol. The summed E-state index contributed by atoms with van der Waals surface area (Å²) in [6.07, 6.45) is 1.86. The SMILES string of the molecule is Cc1nn(C)c2ncc(NC(C)c3ccccc3)cc12. The van der Waals surface area contributed by atoms with Gasteiger partial charge >= 0.3 is 0 Å². The van der Waals surface area contributed by atoms with E-state index in [1.165, 1.54) is 5.56 Å². The van der Waals surface area contributed by atoms with E-state index in [-0.39, 0.29) is 6.04 Å². The number of aromatic nitrogens is 3. The number of anilines is 1. The molecular weight excluding hydrogens is 248 g/mol. The van der Waals surface area contributed by atoms with Crippen molar-refractivity contribution in [3.05, 3.63) is 53.9 Å². The van der Waals surface area contributed by atoms with Crippen LogP contribution < -0.4 is 5.32 Å². The number of pyridine rings is 1. The van der Waals surface area contributed by atoms with Crippen LogP contribution in [0.3, 0.4) is 0 Å². The summed E-state index contributed by atoms with van der Waals surface area (Å²) in [6.45, 7) is 4.16. The zero-order valence-electron chi connectivity index (χ0n) is 12.0. The second-order valence-electron chi connectivity index (χ2n) is 5.08. The third-order valence-electron chi connectivity index (χ3n) is 3.55. The van der Waals surface area contributed by atoms with Crippen LogP contribution in [0.25, 0.3) is 11.0 Å². The normalized spacial score (nSPS) is 12.6. The molecule has 0 amide bonds. The molecule has 0 aliphatic carbocycles. The van der Waals surface area contributed by atoms with Gasteiger partial charge in [0.25, 0.3) is 0 Å². The first-order valence-corrected chi connectivity index (χ1v) is 6.76. The summed E-state index contributed by atoms with van der Waals surface area (Å²) in [5, 5.41) is 8.98. The zero-order valence-corrected chi connectivity index (χ0v) is 12.0. The predicted octanol–water partition coefficient (Wildman–Crippen LogP) is 3.45. The summed E-state index contributed by atoms with van der Waals surface area (Å²) < 4.78 is 1.81. The van der Waals surface area contributed by atoms with Crippen molar-refractivity contribution in [2.24, 2.45) is 7.05 Å². The largest absolute Gasteiger partial charge is 0.377 e. The van der Waals surface area contributed by atoms with Crippen LogP contribution in [-0.4, -0.2) is 14.8 Å². The molecule has 0 spiro atoms. The van der Waals surface area contributed by atoms with Gasteiger partial charge in [0.15, 0.2) is 5.65 Å². The van der Waals surface area contributed by atoms with E-state index in [2.05, 4.69) is 52.7 Å². The molecule has 2 aromatic heterocycles. The maximum absolute atomic E-state index is 4.49. The Morgan fingerprint density at radius 3 is 2.70 bits per heavy atom. The summed E-state index contributed by atoms with van der Waals surface area (Å²) in [5.41, 5.74) is 4.20. The van der Waals surface area contributed by atoms with Crippen LogP contribution in [-0.2, 0) is 7.05 Å². The molecule has 1 unspecified atom stereocenters. The first kappa shape index (κ1) is 12.7. The van der Waals surface area contributed by atoms with Crippen molar-refractivity contribution in [3.63, 3.8) is 0 Å². The Morgan fingerprint density at radius 1 is 1.20 bits per heavy atom. The van der Waals surface area contributed by atoms with Gasteiger partial charge in [0.1, 0.15) is 0 Å².